The summed E-state index contributed by atoms with van der Waals surface area (Å²) in [6.45, 7) is 1.42. The van der Waals surface area contributed by atoms with Crippen molar-refractivity contribution in [2.75, 3.05) is 12.8 Å². The summed E-state index contributed by atoms with van der Waals surface area (Å²) in [6.07, 6.45) is -7.42. The normalized spacial score (nSPS) is 28.0. The quantitative estimate of drug-likeness (QED) is 0.437. The van der Waals surface area contributed by atoms with Crippen molar-refractivity contribution < 1.29 is 34.6 Å². The second kappa shape index (κ2) is 8.98. The van der Waals surface area contributed by atoms with Crippen molar-refractivity contribution in [1.82, 2.24) is 0 Å². The zero-order valence-corrected chi connectivity index (χ0v) is 16.3. The average molecular weight is 405 g/mol. The van der Waals surface area contributed by atoms with Crippen molar-refractivity contribution >= 4 is 5.69 Å². The Morgan fingerprint density at radius 1 is 1.03 bits per heavy atom. The van der Waals surface area contributed by atoms with Gasteiger partial charge in [-0.1, -0.05) is 18.2 Å². The summed E-state index contributed by atoms with van der Waals surface area (Å²) in [5.74, 6) is 1.12. The van der Waals surface area contributed by atoms with Crippen LogP contribution in [0.4, 0.5) is 5.69 Å². The topological polar surface area (TPSA) is 135 Å². The minimum absolute atomic E-state index is 0.373. The molecule has 1 aliphatic rings. The minimum atomic E-state index is -1.53. The fourth-order valence-corrected chi connectivity index (χ4v) is 3.29. The van der Waals surface area contributed by atoms with E-state index in [1.807, 2.05) is 30.3 Å². The highest BCUT2D eigenvalue weighted by molar-refractivity contribution is 5.50. The number of nitrogens with two attached hydrogens (primary N) is 1. The van der Waals surface area contributed by atoms with Gasteiger partial charge in [0.15, 0.2) is 0 Å². The molecule has 2 aromatic rings. The van der Waals surface area contributed by atoms with Gasteiger partial charge in [0.2, 0.25) is 6.29 Å². The van der Waals surface area contributed by atoms with Gasteiger partial charge < -0.3 is 40.4 Å². The van der Waals surface area contributed by atoms with Gasteiger partial charge in [-0.2, -0.15) is 0 Å². The average Bonchev–Trinajstić information content (AvgIpc) is 2.70. The highest BCUT2D eigenvalue weighted by Gasteiger charge is 2.46. The summed E-state index contributed by atoms with van der Waals surface area (Å²) in [7, 11) is 1.60. The molecule has 0 aliphatic carbocycles. The lowest BCUT2D eigenvalue weighted by Crippen LogP contribution is -2.61. The van der Waals surface area contributed by atoms with Crippen LogP contribution in [0.2, 0.25) is 0 Å². The second-order valence-electron chi connectivity index (χ2n) is 7.19. The summed E-state index contributed by atoms with van der Waals surface area (Å²) < 4.78 is 16.5. The van der Waals surface area contributed by atoms with Crippen LogP contribution in [0.15, 0.2) is 42.5 Å². The number of hydrogen-bond donors (Lipinski definition) is 5. The van der Waals surface area contributed by atoms with Gasteiger partial charge in [-0.25, -0.2) is 0 Å². The van der Waals surface area contributed by atoms with E-state index in [1.54, 1.807) is 19.2 Å². The number of rotatable bonds is 6. The molecular weight excluding hydrogens is 378 g/mol. The highest BCUT2D eigenvalue weighted by Crippen LogP contribution is 2.30. The smallest absolute Gasteiger partial charge is 0.229 e. The minimum Gasteiger partial charge on any atom is -0.497 e. The molecule has 158 valence electrons. The van der Waals surface area contributed by atoms with E-state index in [1.165, 1.54) is 6.92 Å². The number of aliphatic hydroxyl groups excluding tert-OH is 4. The van der Waals surface area contributed by atoms with Crippen LogP contribution in [0.1, 0.15) is 18.1 Å². The van der Waals surface area contributed by atoms with Gasteiger partial charge >= 0.3 is 0 Å². The molecule has 1 saturated heterocycles. The Morgan fingerprint density at radius 2 is 1.72 bits per heavy atom. The number of hydrogen-bond acceptors (Lipinski definition) is 8. The molecule has 1 fully saturated rings. The van der Waals surface area contributed by atoms with Crippen LogP contribution in [0.3, 0.4) is 0 Å². The van der Waals surface area contributed by atoms with Crippen LogP contribution < -0.4 is 15.2 Å². The molecule has 2 aromatic carbocycles. The molecule has 0 radical (unpaired) electrons. The van der Waals surface area contributed by atoms with E-state index in [-0.39, 0.29) is 0 Å². The van der Waals surface area contributed by atoms with E-state index in [2.05, 4.69) is 0 Å². The number of anilines is 1. The van der Waals surface area contributed by atoms with Gasteiger partial charge in [0, 0.05) is 18.2 Å². The maximum atomic E-state index is 10.3. The number of nitrogen functional groups attached to an aromatic ring is 1. The van der Waals surface area contributed by atoms with Gasteiger partial charge in [0.25, 0.3) is 0 Å². The first-order valence-corrected chi connectivity index (χ1v) is 9.36. The molecule has 6 atom stereocenters. The molecule has 6 N–H and O–H groups in total. The predicted molar refractivity (Wildman–Crippen MR) is 106 cm³/mol. The van der Waals surface area contributed by atoms with E-state index < -0.39 is 36.8 Å². The first-order valence-electron chi connectivity index (χ1n) is 9.36. The molecule has 1 heterocycles. The molecular formula is C21H27NO7. The Bertz CT molecular complexity index is 811. The lowest BCUT2D eigenvalue weighted by Gasteiger charge is -2.41. The largest absolute Gasteiger partial charge is 0.497 e. The molecule has 0 bridgehead atoms. The Kier molecular flexibility index (Phi) is 6.61. The van der Waals surface area contributed by atoms with E-state index in [9.17, 15) is 20.4 Å². The Balaban J connectivity index is 1.83. The summed E-state index contributed by atoms with van der Waals surface area (Å²) in [5.41, 5.74) is 8.14. The van der Waals surface area contributed by atoms with Gasteiger partial charge in [-0.3, -0.25) is 0 Å². The standard InChI is InChI=1S/C21H27NO7/c1-11(23)20-18(25)17(24)19(26)21(29-20)28-16-10-14(22)6-5-13(16)9-12-3-7-15(27-2)8-4-12/h3-8,10-11,17-21,23-26H,9,22H2,1-2H3/t11-,17-,18-,19+,20+,21+/m0/s1. The molecule has 0 amide bonds. The van der Waals surface area contributed by atoms with Gasteiger partial charge in [0.1, 0.15) is 35.9 Å². The molecule has 0 saturated carbocycles. The van der Waals surface area contributed by atoms with Crippen molar-refractivity contribution in [3.63, 3.8) is 0 Å². The lowest BCUT2D eigenvalue weighted by molar-refractivity contribution is -0.286. The SMILES string of the molecule is COc1ccc(Cc2ccc(N)cc2O[C@@H]2O[C@H]([C@H](C)O)[C@@H](O)[C@H](O)[C@H]2O)cc1. The zero-order valence-electron chi connectivity index (χ0n) is 16.3. The van der Waals surface area contributed by atoms with Crippen molar-refractivity contribution in [1.29, 1.82) is 0 Å². The van der Waals surface area contributed by atoms with Crippen LogP contribution in [0.25, 0.3) is 0 Å². The van der Waals surface area contributed by atoms with Crippen LogP contribution >= 0.6 is 0 Å². The molecule has 0 spiro atoms. The Morgan fingerprint density at radius 3 is 2.34 bits per heavy atom. The lowest BCUT2D eigenvalue weighted by atomic mass is 9.96. The van der Waals surface area contributed by atoms with Crippen molar-refractivity contribution in [3.05, 3.63) is 53.6 Å². The van der Waals surface area contributed by atoms with Crippen molar-refractivity contribution in [3.8, 4) is 11.5 Å². The van der Waals surface area contributed by atoms with E-state index in [4.69, 9.17) is 19.9 Å². The third-order valence-electron chi connectivity index (χ3n) is 4.97. The molecule has 1 aliphatic heterocycles. The van der Waals surface area contributed by atoms with Gasteiger partial charge in [-0.05, 0) is 36.2 Å². The first kappa shape index (κ1) is 21.4. The summed E-state index contributed by atoms with van der Waals surface area (Å²) in [6, 6.07) is 12.7. The maximum Gasteiger partial charge on any atom is 0.229 e. The zero-order chi connectivity index (χ0) is 21.1. The summed E-state index contributed by atoms with van der Waals surface area (Å²) in [4.78, 5) is 0. The highest BCUT2D eigenvalue weighted by atomic mass is 16.7. The third kappa shape index (κ3) is 4.80. The monoisotopic (exact) mass is 405 g/mol. The predicted octanol–water partition coefficient (Wildman–Crippen LogP) is 0.435. The molecule has 8 heteroatoms. The number of aliphatic hydroxyl groups is 4. The van der Waals surface area contributed by atoms with E-state index in [0.717, 1.165) is 16.9 Å². The molecule has 0 unspecified atom stereocenters. The number of methoxy groups -OCH3 is 1. The van der Waals surface area contributed by atoms with Crippen molar-refractivity contribution in [2.45, 2.75) is 50.2 Å². The summed E-state index contributed by atoms with van der Waals surface area (Å²) in [5, 5.41) is 40.2. The third-order valence-corrected chi connectivity index (χ3v) is 4.97. The van der Waals surface area contributed by atoms with Crippen LogP contribution in [-0.4, -0.2) is 64.3 Å². The molecule has 0 aromatic heterocycles. The number of ether oxygens (including phenoxy) is 3. The van der Waals surface area contributed by atoms with Gasteiger partial charge in [-0.15, -0.1) is 0 Å². The van der Waals surface area contributed by atoms with Crippen molar-refractivity contribution in [2.24, 2.45) is 0 Å². The Hall–Kier alpha value is -2.36. The van der Waals surface area contributed by atoms with Crippen LogP contribution in [0, 0.1) is 0 Å². The maximum absolute atomic E-state index is 10.3. The number of benzene rings is 2. The molecule has 8 nitrogen and oxygen atoms in total. The fourth-order valence-electron chi connectivity index (χ4n) is 3.29. The fraction of sp³-hybridized carbons (Fsp3) is 0.429. The van der Waals surface area contributed by atoms with Crippen LogP contribution in [0.5, 0.6) is 11.5 Å². The molecule has 29 heavy (non-hydrogen) atoms. The van der Waals surface area contributed by atoms with E-state index in [0.29, 0.717) is 17.9 Å². The molecule has 3 rings (SSSR count). The summed E-state index contributed by atoms with van der Waals surface area (Å²) >= 11 is 0. The second-order valence-corrected chi connectivity index (χ2v) is 7.19. The van der Waals surface area contributed by atoms with Crippen LogP contribution in [-0.2, 0) is 11.2 Å². The van der Waals surface area contributed by atoms with E-state index >= 15 is 0 Å². The first-order chi connectivity index (χ1) is 13.8. The van der Waals surface area contributed by atoms with Gasteiger partial charge in [0.05, 0.1) is 13.2 Å². The Labute approximate surface area is 169 Å².